The zero-order valence-corrected chi connectivity index (χ0v) is 6.15. The Hall–Kier alpha value is -1.78. The lowest BCUT2D eigenvalue weighted by Gasteiger charge is -1.97. The van der Waals surface area contributed by atoms with Crippen molar-refractivity contribution < 1.29 is 24.9 Å². The predicted octanol–water partition coefficient (Wildman–Crippen LogP) is 0.544. The Morgan fingerprint density at radius 2 is 1.75 bits per heavy atom. The third-order valence-corrected chi connectivity index (χ3v) is 0.967. The molecule has 0 bridgehead atoms. The molecule has 0 rings (SSSR count). The van der Waals surface area contributed by atoms with E-state index in [4.69, 9.17) is 15.3 Å². The van der Waals surface area contributed by atoms with E-state index >= 15 is 0 Å². The summed E-state index contributed by atoms with van der Waals surface area (Å²) in [5.74, 6) is -3.13. The molecule has 12 heavy (non-hydrogen) atoms. The topological polar surface area (TPSA) is 94.8 Å². The van der Waals surface area contributed by atoms with Gasteiger partial charge in [-0.25, -0.2) is 9.59 Å². The van der Waals surface area contributed by atoms with Crippen molar-refractivity contribution in [1.29, 1.82) is 0 Å². The Bertz CT molecular complexity index is 251. The lowest BCUT2D eigenvalue weighted by molar-refractivity contribution is -0.135. The highest BCUT2D eigenvalue weighted by Crippen LogP contribution is 2.06. The molecule has 0 aromatic carbocycles. The van der Waals surface area contributed by atoms with Crippen LogP contribution in [-0.2, 0) is 9.59 Å². The smallest absolute Gasteiger partial charge is 0.332 e. The molecular weight excluding hydrogens is 164 g/mol. The predicted molar refractivity (Wildman–Crippen MR) is 39.7 cm³/mol. The highest BCUT2D eigenvalue weighted by molar-refractivity contribution is 5.94. The van der Waals surface area contributed by atoms with Crippen molar-refractivity contribution in [3.63, 3.8) is 0 Å². The highest BCUT2D eigenvalue weighted by Gasteiger charge is 2.10. The number of hydrogen-bond donors (Lipinski definition) is 3. The zero-order valence-electron chi connectivity index (χ0n) is 6.15. The summed E-state index contributed by atoms with van der Waals surface area (Å²) in [7, 11) is 0. The Morgan fingerprint density at radius 1 is 1.25 bits per heavy atom. The van der Waals surface area contributed by atoms with Crippen LogP contribution in [0.5, 0.6) is 0 Å². The lowest BCUT2D eigenvalue weighted by Crippen LogP contribution is -2.04. The van der Waals surface area contributed by atoms with Crippen molar-refractivity contribution in [2.24, 2.45) is 0 Å². The van der Waals surface area contributed by atoms with Gasteiger partial charge in [0.1, 0.15) is 0 Å². The third kappa shape index (κ3) is 4.10. The Labute approximate surface area is 68.3 Å². The molecule has 0 amide bonds. The van der Waals surface area contributed by atoms with Crippen molar-refractivity contribution in [2.45, 2.75) is 6.42 Å². The highest BCUT2D eigenvalue weighted by atomic mass is 16.4. The summed E-state index contributed by atoms with van der Waals surface area (Å²) in [5.41, 5.74) is -0.407. The molecule has 0 radical (unpaired) electrons. The van der Waals surface area contributed by atoms with Crippen LogP contribution in [0.15, 0.2) is 24.0 Å². The summed E-state index contributed by atoms with van der Waals surface area (Å²) in [6.45, 7) is 3.04. The Kier molecular flexibility index (Phi) is 3.55. The first-order chi connectivity index (χ1) is 5.43. The van der Waals surface area contributed by atoms with Crippen molar-refractivity contribution >= 4 is 11.9 Å². The standard InChI is InChI=1S/C7H8O5/c1-4(8)2-5(7(11)12)3-6(9)10/h3,8H,1-2H2,(H,9,10)(H,11,12)/b5-3+. The van der Waals surface area contributed by atoms with Gasteiger partial charge < -0.3 is 15.3 Å². The molecule has 0 unspecified atom stereocenters. The fraction of sp³-hybridized carbons (Fsp3) is 0.143. The molecule has 0 fully saturated rings. The number of carbonyl (C=O) groups is 2. The van der Waals surface area contributed by atoms with E-state index in [1.807, 2.05) is 0 Å². The fourth-order valence-corrected chi connectivity index (χ4v) is 0.557. The van der Waals surface area contributed by atoms with E-state index in [1.165, 1.54) is 0 Å². The molecule has 0 aliphatic rings. The van der Waals surface area contributed by atoms with E-state index in [9.17, 15) is 9.59 Å². The Balaban J connectivity index is 4.55. The molecule has 0 aromatic rings. The van der Waals surface area contributed by atoms with Crippen LogP contribution in [0.3, 0.4) is 0 Å². The normalized spacial score (nSPS) is 10.8. The van der Waals surface area contributed by atoms with Gasteiger partial charge in [0.25, 0.3) is 0 Å². The molecule has 0 atom stereocenters. The molecule has 0 spiro atoms. The van der Waals surface area contributed by atoms with E-state index in [2.05, 4.69) is 6.58 Å². The van der Waals surface area contributed by atoms with Crippen LogP contribution in [0.2, 0.25) is 0 Å². The Morgan fingerprint density at radius 3 is 2.00 bits per heavy atom. The summed E-state index contributed by atoms with van der Waals surface area (Å²) in [6.07, 6.45) is 0.158. The molecule has 0 saturated carbocycles. The van der Waals surface area contributed by atoms with Gasteiger partial charge in [-0.3, -0.25) is 0 Å². The minimum atomic E-state index is -1.38. The summed E-state index contributed by atoms with van der Waals surface area (Å²) < 4.78 is 0. The number of rotatable bonds is 4. The number of aliphatic carboxylic acids is 2. The van der Waals surface area contributed by atoms with Crippen LogP contribution in [-0.4, -0.2) is 27.3 Å². The minimum Gasteiger partial charge on any atom is -0.513 e. The van der Waals surface area contributed by atoms with Gasteiger partial charge in [-0.05, 0) is 0 Å². The number of hydrogen-bond acceptors (Lipinski definition) is 3. The average Bonchev–Trinajstić information content (AvgIpc) is 1.83. The summed E-state index contributed by atoms with van der Waals surface area (Å²) in [5, 5.41) is 25.2. The molecule has 0 aliphatic carbocycles. The van der Waals surface area contributed by atoms with Gasteiger partial charge in [0.05, 0.1) is 11.3 Å². The van der Waals surface area contributed by atoms with E-state index < -0.39 is 17.5 Å². The summed E-state index contributed by atoms with van der Waals surface area (Å²) in [6, 6.07) is 0. The SMILES string of the molecule is C=C(O)C/C(=C\C(=O)O)C(=O)O. The van der Waals surface area contributed by atoms with Crippen LogP contribution in [0.1, 0.15) is 6.42 Å². The summed E-state index contributed by atoms with van der Waals surface area (Å²) in [4.78, 5) is 20.3. The van der Waals surface area contributed by atoms with Gasteiger partial charge >= 0.3 is 11.9 Å². The second-order valence-corrected chi connectivity index (χ2v) is 2.06. The lowest BCUT2D eigenvalue weighted by atomic mass is 10.1. The van der Waals surface area contributed by atoms with Gasteiger partial charge in [0.15, 0.2) is 0 Å². The van der Waals surface area contributed by atoms with Crippen LogP contribution >= 0.6 is 0 Å². The average molecular weight is 172 g/mol. The van der Waals surface area contributed by atoms with Crippen LogP contribution in [0.4, 0.5) is 0 Å². The van der Waals surface area contributed by atoms with Gasteiger partial charge in [0, 0.05) is 12.5 Å². The number of carboxylic acid groups (broad SMARTS) is 2. The fourth-order valence-electron chi connectivity index (χ4n) is 0.557. The molecule has 0 aromatic heterocycles. The maximum absolute atomic E-state index is 10.3. The summed E-state index contributed by atoms with van der Waals surface area (Å²) >= 11 is 0. The number of allylic oxidation sites excluding steroid dienone is 1. The second kappa shape index (κ2) is 4.17. The zero-order chi connectivity index (χ0) is 9.72. The molecule has 0 heterocycles. The van der Waals surface area contributed by atoms with Gasteiger partial charge in [-0.1, -0.05) is 6.58 Å². The number of carboxylic acids is 2. The van der Waals surface area contributed by atoms with Crippen molar-refractivity contribution in [1.82, 2.24) is 0 Å². The second-order valence-electron chi connectivity index (χ2n) is 2.06. The number of aliphatic hydroxyl groups is 1. The third-order valence-electron chi connectivity index (χ3n) is 0.967. The first-order valence-electron chi connectivity index (χ1n) is 2.97. The maximum Gasteiger partial charge on any atom is 0.332 e. The van der Waals surface area contributed by atoms with Gasteiger partial charge in [-0.15, -0.1) is 0 Å². The van der Waals surface area contributed by atoms with Crippen molar-refractivity contribution in [2.75, 3.05) is 0 Å². The molecule has 5 nitrogen and oxygen atoms in total. The largest absolute Gasteiger partial charge is 0.513 e. The molecule has 66 valence electrons. The van der Waals surface area contributed by atoms with Gasteiger partial charge in [0.2, 0.25) is 0 Å². The van der Waals surface area contributed by atoms with E-state index in [0.717, 1.165) is 0 Å². The van der Waals surface area contributed by atoms with E-state index in [-0.39, 0.29) is 12.2 Å². The quantitative estimate of drug-likeness (QED) is 0.425. The first-order valence-corrected chi connectivity index (χ1v) is 2.97. The first kappa shape index (κ1) is 10.2. The molecule has 0 saturated heterocycles. The van der Waals surface area contributed by atoms with Crippen molar-refractivity contribution in [3.05, 3.63) is 24.0 Å². The monoisotopic (exact) mass is 172 g/mol. The van der Waals surface area contributed by atoms with Crippen molar-refractivity contribution in [3.8, 4) is 0 Å². The van der Waals surface area contributed by atoms with E-state index in [1.54, 1.807) is 0 Å². The van der Waals surface area contributed by atoms with E-state index in [0.29, 0.717) is 6.08 Å². The molecule has 0 aliphatic heterocycles. The van der Waals surface area contributed by atoms with Crippen LogP contribution in [0.25, 0.3) is 0 Å². The minimum absolute atomic E-state index is 0.359. The van der Waals surface area contributed by atoms with Crippen LogP contribution < -0.4 is 0 Å². The molecular formula is C7H8O5. The maximum atomic E-state index is 10.3. The molecule has 3 N–H and O–H groups in total. The molecule has 5 heteroatoms. The van der Waals surface area contributed by atoms with Crippen LogP contribution in [0, 0.1) is 0 Å². The number of aliphatic hydroxyl groups excluding tert-OH is 1. The van der Waals surface area contributed by atoms with Gasteiger partial charge in [-0.2, -0.15) is 0 Å².